The van der Waals surface area contributed by atoms with Crippen LogP contribution in [0.3, 0.4) is 0 Å². The van der Waals surface area contributed by atoms with Gasteiger partial charge in [0.05, 0.1) is 154 Å². The van der Waals surface area contributed by atoms with Crippen molar-refractivity contribution in [3.63, 3.8) is 0 Å². The zero-order valence-electron chi connectivity index (χ0n) is 91.4. The molecule has 146 heavy (non-hydrogen) atoms. The molecule has 0 fully saturated rings. The molecule has 0 radical (unpaired) electrons. The van der Waals surface area contributed by atoms with Crippen molar-refractivity contribution in [3.05, 3.63) is 208 Å². The Morgan fingerprint density at radius 3 is 0.973 bits per heavy atom. The van der Waals surface area contributed by atoms with Gasteiger partial charge in [0.2, 0.25) is 5.91 Å². The molecule has 0 aliphatic rings. The first-order valence-electron chi connectivity index (χ1n) is 50.9. The van der Waals surface area contributed by atoms with Crippen LogP contribution in [0.25, 0.3) is 0 Å². The number of esters is 3. The van der Waals surface area contributed by atoms with Gasteiger partial charge in [-0.05, 0) is 273 Å². The average molecular weight is 2120 g/mol. The van der Waals surface area contributed by atoms with Crippen LogP contribution in [-0.2, 0) is 89.9 Å². The second kappa shape index (κ2) is 79.5. The largest absolute Gasteiger partial charge is 0.497 e. The highest BCUT2D eigenvalue weighted by atomic mass is 31.2. The minimum atomic E-state index is -1.36. The second-order valence-corrected chi connectivity index (χ2v) is 43.8. The van der Waals surface area contributed by atoms with Crippen LogP contribution < -0.4 is 26.4 Å². The monoisotopic (exact) mass is 2120 g/mol. The highest BCUT2D eigenvalue weighted by Gasteiger charge is 2.38. The summed E-state index contributed by atoms with van der Waals surface area (Å²) in [5.74, 6) is -0.283. The Morgan fingerprint density at radius 2 is 0.651 bits per heavy atom. The number of rotatable bonds is 66. The Labute approximate surface area is 880 Å². The number of hydrogen-bond acceptors (Lipinski definition) is 30. The third-order valence-electron chi connectivity index (χ3n) is 21.2. The van der Waals surface area contributed by atoms with Gasteiger partial charge in [-0.3, -0.25) is 29.9 Å². The normalized spacial score (nSPS) is 12.4. The Hall–Kier alpha value is -8.57. The zero-order chi connectivity index (χ0) is 109. The number of hydrazine groups is 2. The molecule has 2 amide bonds. The Kier molecular flexibility index (Phi) is 72.7. The molecule has 0 spiro atoms. The smallest absolute Gasteiger partial charge is 0.338 e. The molecule has 0 aromatic heterocycles. The minimum absolute atomic E-state index is 0.0305. The molecular weight excluding hydrogens is 1950 g/mol. The lowest BCUT2D eigenvalue weighted by molar-refractivity contribution is -0.143. The number of hydrogen-bond donors (Lipinski definition) is 4. The highest BCUT2D eigenvalue weighted by Crippen LogP contribution is 2.51. The summed E-state index contributed by atoms with van der Waals surface area (Å²) in [7, 11) is -2.40. The van der Waals surface area contributed by atoms with E-state index in [-0.39, 0.29) is 66.0 Å². The Balaban J connectivity index is 0.000000637. The first-order chi connectivity index (χ1) is 70.0. The van der Waals surface area contributed by atoms with Gasteiger partial charge in [-0.25, -0.2) is 39.1 Å². The molecule has 5 unspecified atom stereocenters. The number of nitrogens with zero attached hydrogens (tertiary/aromatic N) is 10. The van der Waals surface area contributed by atoms with Crippen molar-refractivity contribution in [1.29, 1.82) is 26.3 Å². The van der Waals surface area contributed by atoms with Crippen molar-refractivity contribution in [1.82, 2.24) is 45.1 Å². The molecule has 0 saturated carbocycles. The van der Waals surface area contributed by atoms with E-state index in [4.69, 9.17) is 86.0 Å². The number of ether oxygens (including phenoxy) is 4. The lowest BCUT2D eigenvalue weighted by atomic mass is 9.77. The van der Waals surface area contributed by atoms with Crippen molar-refractivity contribution >= 4 is 72.1 Å². The molecule has 37 heteroatoms. The molecule has 32 nitrogen and oxygen atoms in total. The standard InChI is InChI=1S/C37H43N4O4P.2C19H29N2O4P.C17H35N4O2P.C17H33N2O4P/c1-28(2)41(29(3)4)46(44-26-12-25-38)45-27-30-17-19-31(20-18-30)36(42)39-40-37(32-13-8-6-9-14-32,33-15-10-7-11-16-33)34-21-23-35(43-5)24-22-34;2*1-6-23-19(22)18-10-8-17(9-11-18)14-25-26(24-13-7-12-20)21(15(2)3)16(4)5;1-15(2)21(16(3)4)24(14-10-8-12-18)23-13-9-6-7-11-17(22)20-19-5;1-6-21-17(20)11-8-7-9-13-22-24(23-14-10-12-18)19(15(2)3)16(4)5/h6-11,13-24,28-29,40H,12,26-27H2,1-5H3,(H,39,42);2*8-11,15-16H,6-7,13-14H2,1-5H3;15-16,19H,6-11,13-14H2,1-5H3,(H,20,22);15-16H,6-11,13-14H2,1-5H3. The van der Waals surface area contributed by atoms with Gasteiger partial charge in [0.15, 0.2) is 0 Å². The first kappa shape index (κ1) is 133. The molecule has 0 bridgehead atoms. The fourth-order valence-corrected chi connectivity index (χ4v) is 23.7. The van der Waals surface area contributed by atoms with E-state index in [1.807, 2.05) is 128 Å². The van der Waals surface area contributed by atoms with E-state index in [0.29, 0.717) is 158 Å². The molecule has 6 aromatic rings. The van der Waals surface area contributed by atoms with Crippen LogP contribution >= 0.6 is 42.4 Å². The summed E-state index contributed by atoms with van der Waals surface area (Å²) >= 11 is 0. The number of unbranched alkanes of at least 4 members (excludes halogenated alkanes) is 5. The predicted octanol–water partition coefficient (Wildman–Crippen LogP) is 25.0. The van der Waals surface area contributed by atoms with E-state index in [0.717, 1.165) is 96.8 Å². The van der Waals surface area contributed by atoms with Gasteiger partial charge in [-0.2, -0.15) is 26.3 Å². The van der Waals surface area contributed by atoms with Crippen LogP contribution in [0.4, 0.5) is 0 Å². The maximum atomic E-state index is 13.6. The summed E-state index contributed by atoms with van der Waals surface area (Å²) < 4.78 is 85.6. The highest BCUT2D eigenvalue weighted by molar-refractivity contribution is 7.50. The van der Waals surface area contributed by atoms with Gasteiger partial charge in [-0.15, -0.1) is 0 Å². The Bertz CT molecular complexity index is 4470. The summed E-state index contributed by atoms with van der Waals surface area (Å²) in [6, 6.07) is 63.2. The van der Waals surface area contributed by atoms with E-state index in [9.17, 15) is 24.0 Å². The van der Waals surface area contributed by atoms with E-state index >= 15 is 0 Å². The number of carbonyl (C=O) groups excluding carboxylic acids is 5. The van der Waals surface area contributed by atoms with Crippen molar-refractivity contribution in [2.45, 2.75) is 335 Å². The lowest BCUT2D eigenvalue weighted by Gasteiger charge is -2.37. The van der Waals surface area contributed by atoms with E-state index in [1.165, 1.54) is 0 Å². The van der Waals surface area contributed by atoms with Crippen molar-refractivity contribution in [3.8, 4) is 36.1 Å². The SMILES string of the molecule is CCOC(=O)CCCCCOP(OCCC#N)N(C(C)C)C(C)C.CCOC(=O)c1ccc(COP(OCCC#N)N(C(C)C)C(C)C)cc1.CCOC(=O)c1ccc(COP(OCCC#N)N(C(C)C)C(C)C)cc1.CNNC(=O)CCCCCOP(CCCC#N)N(C(C)C)C(C)C.COc1ccc(C(NNC(=O)c2ccc(COP(OCCC#N)N(C(C)C)C(C)C)cc2)(c2ccccc2)c2ccccc2)cc1. The first-order valence-corrected chi connectivity index (χ1v) is 56.8. The fourth-order valence-electron chi connectivity index (χ4n) is 15.0. The molecule has 0 saturated heterocycles. The molecule has 0 aliphatic heterocycles. The van der Waals surface area contributed by atoms with Gasteiger partial charge in [0.1, 0.15) is 19.6 Å². The topological polar surface area (TPSA) is 389 Å². The van der Waals surface area contributed by atoms with Gasteiger partial charge in [0.25, 0.3) is 40.0 Å². The summed E-state index contributed by atoms with van der Waals surface area (Å²) in [4.78, 5) is 59.6. The van der Waals surface area contributed by atoms with Gasteiger partial charge < -0.3 is 59.7 Å². The lowest BCUT2D eigenvalue weighted by Crippen LogP contribution is -2.53. The van der Waals surface area contributed by atoms with Crippen molar-refractivity contribution in [2.75, 3.05) is 79.8 Å². The quantitative estimate of drug-likeness (QED) is 0.00688. The van der Waals surface area contributed by atoms with Gasteiger partial charge in [-0.1, -0.05) is 122 Å². The van der Waals surface area contributed by atoms with Crippen LogP contribution in [0, 0.1) is 56.7 Å². The van der Waals surface area contributed by atoms with Crippen LogP contribution in [0.1, 0.15) is 314 Å². The molecule has 808 valence electrons. The van der Waals surface area contributed by atoms with E-state index in [1.54, 1.807) is 64.4 Å². The summed E-state index contributed by atoms with van der Waals surface area (Å²) in [5, 5.41) is 43.9. The second-order valence-electron chi connectivity index (χ2n) is 36.1. The molecule has 6 aromatic carbocycles. The molecular formula is C109H169N14O18P5. The summed E-state index contributed by atoms with van der Waals surface area (Å²) in [6.07, 6.45) is 10.2. The fraction of sp³-hybridized carbons (Fsp3) is 0.578. The third kappa shape index (κ3) is 52.7. The number of carbonyl (C=O) groups is 5. The molecule has 5 atom stereocenters. The zero-order valence-corrected chi connectivity index (χ0v) is 95.9. The van der Waals surface area contributed by atoms with Crippen LogP contribution in [-0.4, -0.2) is 193 Å². The number of nitriles is 5. The summed E-state index contributed by atoms with van der Waals surface area (Å²) in [6.45, 7) is 52.8. The molecule has 6 rings (SSSR count). The number of benzene rings is 6. The molecule has 0 aliphatic carbocycles. The number of amides is 2. The number of nitrogens with one attached hydrogen (secondary N) is 4. The summed E-state index contributed by atoms with van der Waals surface area (Å²) in [5.41, 5.74) is 18.0. The van der Waals surface area contributed by atoms with Gasteiger partial charge >= 0.3 is 17.9 Å². The van der Waals surface area contributed by atoms with Crippen molar-refractivity contribution in [2.24, 2.45) is 0 Å². The van der Waals surface area contributed by atoms with Crippen molar-refractivity contribution < 1.29 is 83.6 Å². The van der Waals surface area contributed by atoms with E-state index in [2.05, 4.69) is 214 Å². The maximum Gasteiger partial charge on any atom is 0.338 e. The average Bonchev–Trinajstić information content (AvgIpc) is 0.752. The number of methoxy groups -OCH3 is 1. The Morgan fingerprint density at radius 1 is 0.336 bits per heavy atom. The predicted molar refractivity (Wildman–Crippen MR) is 584 cm³/mol. The molecule has 0 heterocycles. The third-order valence-corrected chi connectivity index (χ3v) is 32.0. The van der Waals surface area contributed by atoms with Gasteiger partial charge in [0, 0.05) is 98.5 Å². The van der Waals surface area contributed by atoms with Crippen LogP contribution in [0.5, 0.6) is 5.75 Å². The minimum Gasteiger partial charge on any atom is -0.497 e. The molecule has 4 N–H and O–H groups in total. The van der Waals surface area contributed by atoms with E-state index < -0.39 is 47.9 Å². The maximum absolute atomic E-state index is 13.6. The van der Waals surface area contributed by atoms with Crippen LogP contribution in [0.2, 0.25) is 0 Å². The van der Waals surface area contributed by atoms with Crippen LogP contribution in [0.15, 0.2) is 158 Å².